The van der Waals surface area contributed by atoms with E-state index >= 15 is 0 Å². The number of rotatable bonds is 5. The third kappa shape index (κ3) is 3.11. The van der Waals surface area contributed by atoms with E-state index in [0.29, 0.717) is 28.1 Å². The van der Waals surface area contributed by atoms with Crippen LogP contribution in [0.5, 0.6) is 11.5 Å². The molecule has 0 saturated carbocycles. The molecule has 1 aromatic carbocycles. The Bertz CT molecular complexity index is 799. The Hall–Kier alpha value is -2.80. The fourth-order valence-electron chi connectivity index (χ4n) is 2.37. The Balaban J connectivity index is 1.86. The van der Waals surface area contributed by atoms with E-state index < -0.39 is 0 Å². The Labute approximate surface area is 144 Å². The van der Waals surface area contributed by atoms with Crippen LogP contribution in [-0.4, -0.2) is 30.1 Å². The van der Waals surface area contributed by atoms with Gasteiger partial charge >= 0.3 is 0 Å². The molecule has 1 aromatic heterocycles. The molecule has 24 heavy (non-hydrogen) atoms. The predicted molar refractivity (Wildman–Crippen MR) is 92.5 cm³/mol. The van der Waals surface area contributed by atoms with E-state index in [0.717, 1.165) is 5.56 Å². The van der Waals surface area contributed by atoms with Crippen LogP contribution in [0.1, 0.15) is 11.3 Å². The minimum absolute atomic E-state index is 0.214. The smallest absolute Gasteiger partial charge is 0.276 e. The van der Waals surface area contributed by atoms with Gasteiger partial charge < -0.3 is 19.2 Å². The zero-order chi connectivity index (χ0) is 17.1. The molecule has 0 aliphatic carbocycles. The number of carbonyl (C=O) groups excluding carboxylic acids is 1. The lowest BCUT2D eigenvalue weighted by Gasteiger charge is -2.11. The van der Waals surface area contributed by atoms with E-state index in [2.05, 4.69) is 5.32 Å². The number of amides is 1. The van der Waals surface area contributed by atoms with E-state index in [1.54, 1.807) is 50.8 Å². The standard InChI is InChI=1S/C17H16N2O4S/c1-21-12-6-5-11(15(9-12)22-2)8-14-16(20)19(17(24)18-14)10-13-4-3-7-23-13/h3-9H,10H2,1-2H3,(H,18,24)/b14-8+. The zero-order valence-electron chi connectivity index (χ0n) is 13.2. The first-order valence-corrected chi connectivity index (χ1v) is 7.62. The van der Waals surface area contributed by atoms with Crippen molar-refractivity contribution >= 4 is 29.3 Å². The van der Waals surface area contributed by atoms with Gasteiger partial charge in [0.1, 0.15) is 23.0 Å². The van der Waals surface area contributed by atoms with Crippen LogP contribution in [0.2, 0.25) is 0 Å². The normalized spacial score (nSPS) is 15.8. The van der Waals surface area contributed by atoms with Gasteiger partial charge in [-0.15, -0.1) is 0 Å². The van der Waals surface area contributed by atoms with Gasteiger partial charge in [0.25, 0.3) is 5.91 Å². The minimum Gasteiger partial charge on any atom is -0.497 e. The number of hydrogen-bond acceptors (Lipinski definition) is 5. The molecular formula is C17H16N2O4S. The van der Waals surface area contributed by atoms with Crippen molar-refractivity contribution in [3.63, 3.8) is 0 Å². The summed E-state index contributed by atoms with van der Waals surface area (Å²) in [6, 6.07) is 8.94. The molecular weight excluding hydrogens is 328 g/mol. The summed E-state index contributed by atoms with van der Waals surface area (Å²) in [5.74, 6) is 1.73. The van der Waals surface area contributed by atoms with Crippen molar-refractivity contribution in [2.24, 2.45) is 0 Å². The summed E-state index contributed by atoms with van der Waals surface area (Å²) in [6.07, 6.45) is 3.26. The van der Waals surface area contributed by atoms with Crippen molar-refractivity contribution in [2.45, 2.75) is 6.54 Å². The highest BCUT2D eigenvalue weighted by molar-refractivity contribution is 7.80. The number of carbonyl (C=O) groups is 1. The maximum atomic E-state index is 12.6. The van der Waals surface area contributed by atoms with Crippen molar-refractivity contribution in [3.05, 3.63) is 53.6 Å². The van der Waals surface area contributed by atoms with Gasteiger partial charge in [-0.05, 0) is 42.6 Å². The molecule has 2 heterocycles. The maximum absolute atomic E-state index is 12.6. The fourth-order valence-corrected chi connectivity index (χ4v) is 2.62. The summed E-state index contributed by atoms with van der Waals surface area (Å²) in [6.45, 7) is 0.286. The molecule has 0 unspecified atom stereocenters. The lowest BCUT2D eigenvalue weighted by molar-refractivity contribution is -0.122. The molecule has 0 bridgehead atoms. The lowest BCUT2D eigenvalue weighted by Crippen LogP contribution is -2.29. The zero-order valence-corrected chi connectivity index (χ0v) is 14.1. The van der Waals surface area contributed by atoms with E-state index in [1.807, 2.05) is 6.07 Å². The first-order valence-electron chi connectivity index (χ1n) is 7.21. The third-order valence-electron chi connectivity index (χ3n) is 3.60. The Morgan fingerprint density at radius 2 is 2.12 bits per heavy atom. The highest BCUT2D eigenvalue weighted by atomic mass is 32.1. The van der Waals surface area contributed by atoms with E-state index in [1.165, 1.54) is 4.90 Å². The number of benzene rings is 1. The Morgan fingerprint density at radius 1 is 1.29 bits per heavy atom. The summed E-state index contributed by atoms with van der Waals surface area (Å²) in [7, 11) is 3.15. The summed E-state index contributed by atoms with van der Waals surface area (Å²) in [5, 5.41) is 3.28. The SMILES string of the molecule is COc1ccc(/C=C2/NC(=S)N(Cc3ccco3)C2=O)c(OC)c1. The Morgan fingerprint density at radius 3 is 2.79 bits per heavy atom. The summed E-state index contributed by atoms with van der Waals surface area (Å²) < 4.78 is 15.8. The number of hydrogen-bond donors (Lipinski definition) is 1. The van der Waals surface area contributed by atoms with Crippen LogP contribution in [0.4, 0.5) is 0 Å². The molecule has 6 nitrogen and oxygen atoms in total. The molecule has 1 aliphatic heterocycles. The van der Waals surface area contributed by atoms with Crippen LogP contribution in [0.15, 0.2) is 46.7 Å². The molecule has 7 heteroatoms. The van der Waals surface area contributed by atoms with Gasteiger partial charge in [0.2, 0.25) is 0 Å². The first kappa shape index (κ1) is 16.1. The third-order valence-corrected chi connectivity index (χ3v) is 3.92. The number of furan rings is 1. The van der Waals surface area contributed by atoms with Crippen molar-refractivity contribution in [3.8, 4) is 11.5 Å². The second-order valence-corrected chi connectivity index (χ2v) is 5.45. The van der Waals surface area contributed by atoms with Gasteiger partial charge in [0, 0.05) is 11.6 Å². The van der Waals surface area contributed by atoms with Gasteiger partial charge in [-0.2, -0.15) is 0 Å². The second-order valence-electron chi connectivity index (χ2n) is 5.07. The van der Waals surface area contributed by atoms with Crippen LogP contribution in [0.3, 0.4) is 0 Å². The topological polar surface area (TPSA) is 63.9 Å². The van der Waals surface area contributed by atoms with Gasteiger partial charge in [-0.3, -0.25) is 9.69 Å². The lowest BCUT2D eigenvalue weighted by atomic mass is 10.1. The monoisotopic (exact) mass is 344 g/mol. The number of methoxy groups -OCH3 is 2. The second kappa shape index (κ2) is 6.76. The number of ether oxygens (including phenoxy) is 2. The molecule has 2 aromatic rings. The molecule has 124 valence electrons. The maximum Gasteiger partial charge on any atom is 0.276 e. The average Bonchev–Trinajstić information content (AvgIpc) is 3.19. The molecule has 1 saturated heterocycles. The van der Waals surface area contributed by atoms with Crippen molar-refractivity contribution < 1.29 is 18.7 Å². The minimum atomic E-state index is -0.214. The molecule has 3 rings (SSSR count). The van der Waals surface area contributed by atoms with Crippen LogP contribution in [0.25, 0.3) is 6.08 Å². The number of thiocarbonyl (C=S) groups is 1. The number of nitrogens with one attached hydrogen (secondary N) is 1. The summed E-state index contributed by atoms with van der Waals surface area (Å²) in [5.41, 5.74) is 1.13. The summed E-state index contributed by atoms with van der Waals surface area (Å²) in [4.78, 5) is 14.0. The van der Waals surface area contributed by atoms with Gasteiger partial charge in [-0.1, -0.05) is 0 Å². The number of nitrogens with zero attached hydrogens (tertiary/aromatic N) is 1. The molecule has 1 aliphatic rings. The Kier molecular flexibility index (Phi) is 4.52. The molecule has 0 atom stereocenters. The van der Waals surface area contributed by atoms with Crippen LogP contribution < -0.4 is 14.8 Å². The van der Waals surface area contributed by atoms with Crippen molar-refractivity contribution in [1.82, 2.24) is 10.2 Å². The molecule has 0 spiro atoms. The van der Waals surface area contributed by atoms with E-state index in [9.17, 15) is 4.79 Å². The van der Waals surface area contributed by atoms with Gasteiger partial charge in [-0.25, -0.2) is 0 Å². The van der Waals surface area contributed by atoms with E-state index in [4.69, 9.17) is 26.1 Å². The molecule has 1 amide bonds. The molecule has 1 fully saturated rings. The van der Waals surface area contributed by atoms with Crippen molar-refractivity contribution in [2.75, 3.05) is 14.2 Å². The van der Waals surface area contributed by atoms with Crippen LogP contribution in [-0.2, 0) is 11.3 Å². The molecule has 0 radical (unpaired) electrons. The summed E-state index contributed by atoms with van der Waals surface area (Å²) >= 11 is 5.24. The quantitative estimate of drug-likeness (QED) is 0.664. The largest absolute Gasteiger partial charge is 0.497 e. The average molecular weight is 344 g/mol. The van der Waals surface area contributed by atoms with Crippen LogP contribution >= 0.6 is 12.2 Å². The van der Waals surface area contributed by atoms with Crippen molar-refractivity contribution in [1.29, 1.82) is 0 Å². The highest BCUT2D eigenvalue weighted by Crippen LogP contribution is 2.27. The predicted octanol–water partition coefficient (Wildman–Crippen LogP) is 2.55. The molecule has 1 N–H and O–H groups in total. The van der Waals surface area contributed by atoms with Gasteiger partial charge in [0.15, 0.2) is 5.11 Å². The van der Waals surface area contributed by atoms with Gasteiger partial charge in [0.05, 0.1) is 27.0 Å². The fraction of sp³-hybridized carbons (Fsp3) is 0.176. The highest BCUT2D eigenvalue weighted by Gasteiger charge is 2.31. The first-order chi connectivity index (χ1) is 11.6. The van der Waals surface area contributed by atoms with Crippen LogP contribution in [0, 0.1) is 0 Å². The van der Waals surface area contributed by atoms with E-state index in [-0.39, 0.29) is 12.5 Å².